The zero-order valence-electron chi connectivity index (χ0n) is 10.9. The molecule has 2 saturated heterocycles. The van der Waals surface area contributed by atoms with E-state index in [1.165, 1.54) is 0 Å². The standard InChI is InChI=1S/C15H12N2O3S/c16-14(20)17-12(18)10-9-6-7-15(21-9,11(10)13(17)19)8-4-2-1-3-5-8/h1-7,9-11H,(H2,16,20). The summed E-state index contributed by atoms with van der Waals surface area (Å²) in [4.78, 5) is 36.9. The van der Waals surface area contributed by atoms with Crippen molar-refractivity contribution in [3.8, 4) is 0 Å². The highest BCUT2D eigenvalue weighted by Gasteiger charge is 2.68. The summed E-state index contributed by atoms with van der Waals surface area (Å²) >= 11 is 1.61. The molecule has 2 N–H and O–H groups in total. The van der Waals surface area contributed by atoms with E-state index in [0.717, 1.165) is 5.56 Å². The third-order valence-corrected chi connectivity index (χ3v) is 6.22. The van der Waals surface area contributed by atoms with Crippen LogP contribution in [0.25, 0.3) is 0 Å². The van der Waals surface area contributed by atoms with Crippen LogP contribution < -0.4 is 5.73 Å². The van der Waals surface area contributed by atoms with Crippen molar-refractivity contribution in [2.45, 2.75) is 10.00 Å². The Hall–Kier alpha value is -2.08. The van der Waals surface area contributed by atoms with Crippen molar-refractivity contribution in [1.29, 1.82) is 0 Å². The Kier molecular flexibility index (Phi) is 2.39. The molecule has 4 amide bonds. The van der Waals surface area contributed by atoms with Gasteiger partial charge in [-0.15, -0.1) is 11.8 Å². The number of hydrogen-bond donors (Lipinski definition) is 1. The molecule has 0 spiro atoms. The number of thioether (sulfide) groups is 1. The van der Waals surface area contributed by atoms with Gasteiger partial charge in [0.05, 0.1) is 16.6 Å². The molecule has 3 aliphatic heterocycles. The van der Waals surface area contributed by atoms with E-state index in [2.05, 4.69) is 0 Å². The molecule has 1 aromatic rings. The van der Waals surface area contributed by atoms with Gasteiger partial charge in [0.1, 0.15) is 0 Å². The number of carbonyl (C=O) groups excluding carboxylic acids is 3. The predicted molar refractivity (Wildman–Crippen MR) is 77.1 cm³/mol. The van der Waals surface area contributed by atoms with Gasteiger partial charge in [-0.2, -0.15) is 4.90 Å². The molecule has 3 heterocycles. The minimum atomic E-state index is -0.980. The van der Waals surface area contributed by atoms with Crippen molar-refractivity contribution < 1.29 is 14.4 Å². The topological polar surface area (TPSA) is 80.5 Å². The maximum Gasteiger partial charge on any atom is 0.328 e. The average Bonchev–Trinajstić information content (AvgIpc) is 3.11. The number of rotatable bonds is 1. The molecule has 4 rings (SSSR count). The number of carbonyl (C=O) groups is 3. The van der Waals surface area contributed by atoms with Gasteiger partial charge in [0.15, 0.2) is 0 Å². The second-order valence-electron chi connectivity index (χ2n) is 5.45. The van der Waals surface area contributed by atoms with E-state index in [1.54, 1.807) is 11.8 Å². The van der Waals surface area contributed by atoms with Gasteiger partial charge in [-0.3, -0.25) is 9.59 Å². The van der Waals surface area contributed by atoms with Crippen LogP contribution >= 0.6 is 11.8 Å². The molecule has 0 aromatic heterocycles. The highest BCUT2D eigenvalue weighted by atomic mass is 32.2. The number of nitrogens with two attached hydrogens (primary N) is 1. The Morgan fingerprint density at radius 3 is 2.57 bits per heavy atom. The van der Waals surface area contributed by atoms with Gasteiger partial charge in [0.2, 0.25) is 11.8 Å². The smallest absolute Gasteiger partial charge is 0.328 e. The Balaban J connectivity index is 1.86. The molecule has 4 atom stereocenters. The van der Waals surface area contributed by atoms with Crippen LogP contribution in [0.4, 0.5) is 4.79 Å². The minimum Gasteiger partial charge on any atom is -0.351 e. The van der Waals surface area contributed by atoms with Crippen LogP contribution in [-0.4, -0.2) is 28.0 Å². The Bertz CT molecular complexity index is 702. The van der Waals surface area contributed by atoms with Gasteiger partial charge in [0, 0.05) is 5.25 Å². The number of benzene rings is 1. The summed E-state index contributed by atoms with van der Waals surface area (Å²) < 4.78 is -0.562. The Labute approximate surface area is 125 Å². The molecule has 2 bridgehead atoms. The first-order valence-corrected chi connectivity index (χ1v) is 7.54. The van der Waals surface area contributed by atoms with Gasteiger partial charge in [-0.1, -0.05) is 42.5 Å². The van der Waals surface area contributed by atoms with E-state index < -0.39 is 34.4 Å². The van der Waals surface area contributed by atoms with E-state index in [4.69, 9.17) is 5.73 Å². The Morgan fingerprint density at radius 1 is 1.19 bits per heavy atom. The molecule has 2 fully saturated rings. The second kappa shape index (κ2) is 3.98. The number of imide groups is 3. The van der Waals surface area contributed by atoms with Gasteiger partial charge < -0.3 is 5.73 Å². The van der Waals surface area contributed by atoms with Gasteiger partial charge in [-0.05, 0) is 5.56 Å². The molecule has 1 aromatic carbocycles. The number of primary amides is 1. The Morgan fingerprint density at radius 2 is 1.90 bits per heavy atom. The largest absolute Gasteiger partial charge is 0.351 e. The summed E-state index contributed by atoms with van der Waals surface area (Å²) in [6, 6.07) is 8.65. The fraction of sp³-hybridized carbons (Fsp3) is 0.267. The lowest BCUT2D eigenvalue weighted by atomic mass is 9.74. The maximum atomic E-state index is 12.6. The average molecular weight is 300 g/mol. The van der Waals surface area contributed by atoms with E-state index in [0.29, 0.717) is 4.90 Å². The van der Waals surface area contributed by atoms with Crippen LogP contribution in [0.3, 0.4) is 0 Å². The molecule has 0 aliphatic carbocycles. The van der Waals surface area contributed by atoms with Crippen LogP contribution in [0.15, 0.2) is 42.5 Å². The van der Waals surface area contributed by atoms with E-state index >= 15 is 0 Å². The van der Waals surface area contributed by atoms with Gasteiger partial charge in [0.25, 0.3) is 0 Å². The van der Waals surface area contributed by atoms with Crippen LogP contribution in [0, 0.1) is 11.8 Å². The van der Waals surface area contributed by atoms with Crippen LogP contribution in [-0.2, 0) is 14.3 Å². The van der Waals surface area contributed by atoms with Crippen molar-refractivity contribution in [2.24, 2.45) is 17.6 Å². The third kappa shape index (κ3) is 1.40. The summed E-state index contributed by atoms with van der Waals surface area (Å²) in [6.07, 6.45) is 3.96. The lowest BCUT2D eigenvalue weighted by molar-refractivity contribution is -0.136. The molecule has 5 nitrogen and oxygen atoms in total. The summed E-state index contributed by atoms with van der Waals surface area (Å²) in [5.74, 6) is -1.96. The van der Waals surface area contributed by atoms with Crippen molar-refractivity contribution >= 4 is 29.6 Å². The van der Waals surface area contributed by atoms with E-state index in [9.17, 15) is 14.4 Å². The maximum absolute atomic E-state index is 12.6. The fourth-order valence-corrected chi connectivity index (χ4v) is 5.50. The monoisotopic (exact) mass is 300 g/mol. The van der Waals surface area contributed by atoms with Gasteiger partial charge >= 0.3 is 6.03 Å². The van der Waals surface area contributed by atoms with Crippen molar-refractivity contribution in [2.75, 3.05) is 0 Å². The third-order valence-electron chi connectivity index (χ3n) is 4.48. The number of hydrogen-bond acceptors (Lipinski definition) is 4. The molecule has 6 heteroatoms. The van der Waals surface area contributed by atoms with Crippen LogP contribution in [0.1, 0.15) is 5.56 Å². The minimum absolute atomic E-state index is 0.0731. The molecular formula is C15H12N2O3S. The zero-order valence-corrected chi connectivity index (χ0v) is 11.7. The molecular weight excluding hydrogens is 288 g/mol. The number of fused-ring (bicyclic) bond motifs is 5. The lowest BCUT2D eigenvalue weighted by Gasteiger charge is -2.29. The fourth-order valence-electron chi connectivity index (χ4n) is 3.64. The summed E-state index contributed by atoms with van der Waals surface area (Å²) in [7, 11) is 0. The first kappa shape index (κ1) is 12.6. The zero-order chi connectivity index (χ0) is 14.8. The van der Waals surface area contributed by atoms with E-state index in [-0.39, 0.29) is 5.25 Å². The molecule has 106 valence electrons. The van der Waals surface area contributed by atoms with E-state index in [1.807, 2.05) is 42.5 Å². The number of urea groups is 1. The number of amides is 4. The molecule has 3 aliphatic rings. The summed E-state index contributed by atoms with van der Waals surface area (Å²) in [5.41, 5.74) is 6.17. The SMILES string of the molecule is NC(=O)N1C(=O)C2C3C=CC(c4ccccc4)(S3)C2C1=O. The van der Waals surface area contributed by atoms with Crippen LogP contribution in [0.5, 0.6) is 0 Å². The first-order valence-electron chi connectivity index (χ1n) is 6.66. The molecule has 21 heavy (non-hydrogen) atoms. The number of nitrogens with zero attached hydrogens (tertiary/aromatic N) is 1. The second-order valence-corrected chi connectivity index (χ2v) is 6.91. The summed E-state index contributed by atoms with van der Waals surface area (Å²) in [6.45, 7) is 0. The first-order chi connectivity index (χ1) is 10.1. The summed E-state index contributed by atoms with van der Waals surface area (Å²) in [5, 5.41) is -0.0731. The van der Waals surface area contributed by atoms with Crippen molar-refractivity contribution in [3.05, 3.63) is 48.0 Å². The van der Waals surface area contributed by atoms with Crippen molar-refractivity contribution in [3.63, 3.8) is 0 Å². The van der Waals surface area contributed by atoms with Gasteiger partial charge in [-0.25, -0.2) is 4.79 Å². The van der Waals surface area contributed by atoms with Crippen molar-refractivity contribution in [1.82, 2.24) is 4.90 Å². The predicted octanol–water partition coefficient (Wildman–Crippen LogP) is 1.25. The highest BCUT2D eigenvalue weighted by molar-refractivity contribution is 8.01. The molecule has 4 unspecified atom stereocenters. The van der Waals surface area contributed by atoms with Crippen LogP contribution in [0.2, 0.25) is 0 Å². The number of likely N-dealkylation sites (tertiary alicyclic amines) is 1. The lowest BCUT2D eigenvalue weighted by Crippen LogP contribution is -2.43. The quantitative estimate of drug-likeness (QED) is 0.625. The molecule has 0 radical (unpaired) electrons. The highest BCUT2D eigenvalue weighted by Crippen LogP contribution is 2.64. The normalized spacial score (nSPS) is 36.4. The molecule has 0 saturated carbocycles.